The van der Waals surface area contributed by atoms with Crippen LogP contribution in [-0.2, 0) is 16.1 Å². The number of hydrogen-bond donors (Lipinski definition) is 1. The summed E-state index contributed by atoms with van der Waals surface area (Å²) in [6, 6.07) is 12.1. The number of rotatable bonds is 11. The molecule has 2 aromatic carbocycles. The van der Waals surface area contributed by atoms with Crippen molar-refractivity contribution < 1.29 is 14.3 Å². The average molecular weight is 465 g/mol. The number of ether oxygens (including phenoxy) is 1. The Kier molecular flexibility index (Phi) is 10.2. The minimum atomic E-state index is -0.590. The summed E-state index contributed by atoms with van der Waals surface area (Å²) in [7, 11) is 0. The van der Waals surface area contributed by atoms with E-state index in [0.717, 1.165) is 24.0 Å². The van der Waals surface area contributed by atoms with Crippen molar-refractivity contribution >= 4 is 35.0 Å². The molecular formula is C24H30Cl2N2O3. The van der Waals surface area contributed by atoms with E-state index in [-0.39, 0.29) is 18.4 Å². The fourth-order valence-electron chi connectivity index (χ4n) is 3.21. The Balaban J connectivity index is 2.21. The van der Waals surface area contributed by atoms with Gasteiger partial charge >= 0.3 is 0 Å². The highest BCUT2D eigenvalue weighted by Gasteiger charge is 2.29. The number of halogens is 2. The van der Waals surface area contributed by atoms with Gasteiger partial charge < -0.3 is 15.0 Å². The van der Waals surface area contributed by atoms with Crippen LogP contribution in [0.3, 0.4) is 0 Å². The minimum Gasteiger partial charge on any atom is -0.482 e. The third-order valence-corrected chi connectivity index (χ3v) is 5.59. The predicted molar refractivity (Wildman–Crippen MR) is 126 cm³/mol. The molecule has 0 aliphatic heterocycles. The Labute approximate surface area is 194 Å². The van der Waals surface area contributed by atoms with Crippen LogP contribution in [0.5, 0.6) is 5.75 Å². The monoisotopic (exact) mass is 464 g/mol. The topological polar surface area (TPSA) is 58.6 Å². The van der Waals surface area contributed by atoms with Crippen molar-refractivity contribution in [3.05, 3.63) is 63.6 Å². The maximum absolute atomic E-state index is 13.2. The zero-order valence-corrected chi connectivity index (χ0v) is 19.8. The second-order valence-electron chi connectivity index (χ2n) is 7.38. The van der Waals surface area contributed by atoms with Gasteiger partial charge in [-0.2, -0.15) is 0 Å². The number of nitrogens with one attached hydrogen (secondary N) is 1. The first kappa shape index (κ1) is 25.0. The van der Waals surface area contributed by atoms with E-state index in [1.807, 2.05) is 38.1 Å². The van der Waals surface area contributed by atoms with Crippen molar-refractivity contribution in [2.75, 3.05) is 13.2 Å². The molecule has 0 heterocycles. The second-order valence-corrected chi connectivity index (χ2v) is 8.22. The smallest absolute Gasteiger partial charge is 0.261 e. The van der Waals surface area contributed by atoms with E-state index in [9.17, 15) is 9.59 Å². The van der Waals surface area contributed by atoms with Crippen molar-refractivity contribution in [1.82, 2.24) is 10.2 Å². The Bertz CT molecular complexity index is 889. The van der Waals surface area contributed by atoms with E-state index in [1.54, 1.807) is 23.1 Å². The van der Waals surface area contributed by atoms with Crippen molar-refractivity contribution in [2.45, 2.75) is 52.6 Å². The van der Waals surface area contributed by atoms with Crippen LogP contribution in [0.25, 0.3) is 0 Å². The molecule has 31 heavy (non-hydrogen) atoms. The van der Waals surface area contributed by atoms with E-state index in [1.165, 1.54) is 0 Å². The van der Waals surface area contributed by atoms with Gasteiger partial charge in [0.25, 0.3) is 5.91 Å². The zero-order valence-electron chi connectivity index (χ0n) is 18.3. The maximum atomic E-state index is 13.2. The molecule has 0 radical (unpaired) electrons. The Morgan fingerprint density at radius 3 is 2.52 bits per heavy atom. The van der Waals surface area contributed by atoms with Gasteiger partial charge in [-0.1, -0.05) is 67.7 Å². The summed E-state index contributed by atoms with van der Waals surface area (Å²) in [5.74, 6) is -0.0649. The first-order chi connectivity index (χ1) is 14.9. The molecular weight excluding hydrogens is 435 g/mol. The van der Waals surface area contributed by atoms with Gasteiger partial charge in [0.15, 0.2) is 6.61 Å². The average Bonchev–Trinajstić information content (AvgIpc) is 2.74. The summed E-state index contributed by atoms with van der Waals surface area (Å²) in [6.45, 7) is 6.64. The molecule has 0 spiro atoms. The van der Waals surface area contributed by atoms with Gasteiger partial charge in [0, 0.05) is 18.1 Å². The second kappa shape index (κ2) is 12.6. The van der Waals surface area contributed by atoms with Gasteiger partial charge in [-0.05, 0) is 49.1 Å². The lowest BCUT2D eigenvalue weighted by atomic mass is 10.1. The lowest BCUT2D eigenvalue weighted by molar-refractivity contribution is -0.143. The first-order valence-corrected chi connectivity index (χ1v) is 11.3. The lowest BCUT2D eigenvalue weighted by Gasteiger charge is -2.31. The van der Waals surface area contributed by atoms with Crippen molar-refractivity contribution in [3.63, 3.8) is 0 Å². The van der Waals surface area contributed by atoms with Gasteiger partial charge in [-0.15, -0.1) is 0 Å². The molecule has 7 heteroatoms. The third kappa shape index (κ3) is 7.44. The minimum absolute atomic E-state index is 0.151. The molecule has 0 fully saturated rings. The van der Waals surface area contributed by atoms with Crippen molar-refractivity contribution in [3.8, 4) is 5.75 Å². The highest BCUT2D eigenvalue weighted by Crippen LogP contribution is 2.27. The van der Waals surface area contributed by atoms with E-state index < -0.39 is 6.04 Å². The molecule has 0 aliphatic rings. The molecule has 1 unspecified atom stereocenters. The van der Waals surface area contributed by atoms with E-state index in [2.05, 4.69) is 12.2 Å². The summed E-state index contributed by atoms with van der Waals surface area (Å²) < 4.78 is 5.66. The summed E-state index contributed by atoms with van der Waals surface area (Å²) in [4.78, 5) is 27.6. The van der Waals surface area contributed by atoms with Crippen LogP contribution < -0.4 is 10.1 Å². The molecule has 2 aromatic rings. The molecule has 1 N–H and O–H groups in total. The zero-order chi connectivity index (χ0) is 22.8. The van der Waals surface area contributed by atoms with Crippen molar-refractivity contribution in [2.24, 2.45) is 0 Å². The van der Waals surface area contributed by atoms with Crippen LogP contribution in [0.15, 0.2) is 42.5 Å². The number of unbranched alkanes of at least 4 members (excludes halogenated alkanes) is 1. The third-order valence-electron chi connectivity index (χ3n) is 5.06. The SMILES string of the molecule is CCCCNC(=O)C(CC)N(Cc1ccccc1C)C(=O)COc1ccc(Cl)cc1Cl. The maximum Gasteiger partial charge on any atom is 0.261 e. The molecule has 0 bridgehead atoms. The van der Waals surface area contributed by atoms with E-state index in [4.69, 9.17) is 27.9 Å². The number of benzene rings is 2. The molecule has 0 saturated carbocycles. The molecule has 2 rings (SSSR count). The summed E-state index contributed by atoms with van der Waals surface area (Å²) in [5, 5.41) is 3.76. The number of nitrogens with zero attached hydrogens (tertiary/aromatic N) is 1. The van der Waals surface area contributed by atoms with Gasteiger partial charge in [-0.3, -0.25) is 9.59 Å². The summed E-state index contributed by atoms with van der Waals surface area (Å²) >= 11 is 12.1. The highest BCUT2D eigenvalue weighted by molar-refractivity contribution is 6.35. The number of aryl methyl sites for hydroxylation is 1. The highest BCUT2D eigenvalue weighted by atomic mass is 35.5. The van der Waals surface area contributed by atoms with Crippen LogP contribution in [0.1, 0.15) is 44.2 Å². The van der Waals surface area contributed by atoms with Crippen LogP contribution in [0.4, 0.5) is 0 Å². The fraction of sp³-hybridized carbons (Fsp3) is 0.417. The number of hydrogen-bond acceptors (Lipinski definition) is 3. The molecule has 0 aromatic heterocycles. The van der Waals surface area contributed by atoms with Gasteiger partial charge in [-0.25, -0.2) is 0 Å². The number of amides is 2. The van der Waals surface area contributed by atoms with Crippen LogP contribution in [0.2, 0.25) is 10.0 Å². The number of carbonyl (C=O) groups is 2. The van der Waals surface area contributed by atoms with Crippen LogP contribution in [0, 0.1) is 6.92 Å². The summed E-state index contributed by atoms with van der Waals surface area (Å²) in [6.07, 6.45) is 2.38. The van der Waals surface area contributed by atoms with Gasteiger partial charge in [0.05, 0.1) is 5.02 Å². The fourth-order valence-corrected chi connectivity index (χ4v) is 3.67. The Morgan fingerprint density at radius 1 is 1.13 bits per heavy atom. The normalized spacial score (nSPS) is 11.6. The molecule has 0 saturated heterocycles. The van der Waals surface area contributed by atoms with Crippen LogP contribution in [-0.4, -0.2) is 35.9 Å². The molecule has 168 valence electrons. The first-order valence-electron chi connectivity index (χ1n) is 10.6. The van der Waals surface area contributed by atoms with E-state index >= 15 is 0 Å². The number of carbonyl (C=O) groups excluding carboxylic acids is 2. The Morgan fingerprint density at radius 2 is 1.87 bits per heavy atom. The molecule has 1 atom stereocenters. The standard InChI is InChI=1S/C24H30Cl2N2O3/c1-4-6-13-27-24(30)21(5-2)28(15-18-10-8-7-9-17(18)3)23(29)16-31-22-12-11-19(25)14-20(22)26/h7-12,14,21H,4-6,13,15-16H2,1-3H3,(H,27,30). The quantitative estimate of drug-likeness (QED) is 0.452. The van der Waals surface area contributed by atoms with Crippen LogP contribution >= 0.6 is 23.2 Å². The predicted octanol–water partition coefficient (Wildman–Crippen LogP) is 5.40. The molecule has 0 aliphatic carbocycles. The Hall–Kier alpha value is -2.24. The van der Waals surface area contributed by atoms with Gasteiger partial charge in [0.1, 0.15) is 11.8 Å². The van der Waals surface area contributed by atoms with E-state index in [0.29, 0.717) is 35.3 Å². The lowest BCUT2D eigenvalue weighted by Crippen LogP contribution is -2.50. The molecule has 5 nitrogen and oxygen atoms in total. The summed E-state index contributed by atoms with van der Waals surface area (Å²) in [5.41, 5.74) is 2.04. The van der Waals surface area contributed by atoms with Gasteiger partial charge in [0.2, 0.25) is 5.91 Å². The largest absolute Gasteiger partial charge is 0.482 e. The molecule has 2 amide bonds. The van der Waals surface area contributed by atoms with Crippen molar-refractivity contribution in [1.29, 1.82) is 0 Å².